The van der Waals surface area contributed by atoms with E-state index in [-0.39, 0.29) is 30.5 Å². The van der Waals surface area contributed by atoms with Crippen molar-refractivity contribution in [1.82, 2.24) is 10.2 Å². The number of hydrogen-bond donors (Lipinski definition) is 2. The molecular weight excluding hydrogens is 481 g/mol. The Morgan fingerprint density at radius 3 is 2.72 bits per heavy atom. The van der Waals surface area contributed by atoms with Gasteiger partial charge in [-0.1, -0.05) is 30.3 Å². The number of para-hydroxylation sites is 1. The number of guanidine groups is 1. The summed E-state index contributed by atoms with van der Waals surface area (Å²) in [5.41, 5.74) is 1.65. The Balaban J connectivity index is 0.00000300. The Bertz CT molecular complexity index is 909. The van der Waals surface area contributed by atoms with Gasteiger partial charge in [0.25, 0.3) is 0 Å². The lowest BCUT2D eigenvalue weighted by Crippen LogP contribution is -2.38. The third kappa shape index (κ3) is 6.11. The summed E-state index contributed by atoms with van der Waals surface area (Å²) >= 11 is 0. The topological polar surface area (TPSA) is 70.2 Å². The van der Waals surface area contributed by atoms with E-state index in [1.165, 1.54) is 0 Å². The first-order chi connectivity index (χ1) is 13.6. The third-order valence-electron chi connectivity index (χ3n) is 4.46. The van der Waals surface area contributed by atoms with Crippen LogP contribution in [0.1, 0.15) is 24.4 Å². The molecule has 0 aliphatic heterocycles. The predicted molar refractivity (Wildman–Crippen MR) is 127 cm³/mol. The van der Waals surface area contributed by atoms with E-state index < -0.39 is 6.10 Å². The summed E-state index contributed by atoms with van der Waals surface area (Å²) in [7, 11) is 3.56. The van der Waals surface area contributed by atoms with Gasteiger partial charge in [-0.3, -0.25) is 4.99 Å². The van der Waals surface area contributed by atoms with Crippen LogP contribution in [-0.2, 0) is 6.54 Å². The van der Waals surface area contributed by atoms with Gasteiger partial charge in [0.05, 0.1) is 26.3 Å². The Kier molecular flexibility index (Phi) is 8.78. The Morgan fingerprint density at radius 1 is 1.21 bits per heavy atom. The summed E-state index contributed by atoms with van der Waals surface area (Å²) in [4.78, 5) is 6.58. The molecule has 7 heteroatoms. The number of aliphatic hydroxyl groups excluding tert-OH is 1. The lowest BCUT2D eigenvalue weighted by molar-refractivity contribution is 0.186. The van der Waals surface area contributed by atoms with E-state index in [1.54, 1.807) is 7.11 Å². The second-order valence-corrected chi connectivity index (χ2v) is 6.59. The van der Waals surface area contributed by atoms with E-state index in [9.17, 15) is 5.11 Å². The molecule has 3 rings (SSSR count). The summed E-state index contributed by atoms with van der Waals surface area (Å²) in [5.74, 6) is 2.29. The van der Waals surface area contributed by atoms with Gasteiger partial charge in [0.2, 0.25) is 0 Å². The molecule has 0 aliphatic carbocycles. The molecule has 2 aromatic carbocycles. The van der Waals surface area contributed by atoms with Gasteiger partial charge in [0.15, 0.2) is 5.96 Å². The van der Waals surface area contributed by atoms with E-state index in [2.05, 4.69) is 10.3 Å². The second kappa shape index (κ2) is 11.1. The highest BCUT2D eigenvalue weighted by Gasteiger charge is 2.13. The fourth-order valence-corrected chi connectivity index (χ4v) is 3.02. The Hall–Kier alpha value is -2.26. The number of aliphatic imine (C=N–C) groups is 1. The Labute approximate surface area is 188 Å². The molecule has 1 aromatic heterocycles. The van der Waals surface area contributed by atoms with E-state index >= 15 is 0 Å². The summed E-state index contributed by atoms with van der Waals surface area (Å²) in [6, 6.07) is 17.4. The Morgan fingerprint density at radius 2 is 2.00 bits per heavy atom. The number of ether oxygens (including phenoxy) is 1. The molecule has 156 valence electrons. The second-order valence-electron chi connectivity index (χ2n) is 6.59. The fourth-order valence-electron chi connectivity index (χ4n) is 3.02. The van der Waals surface area contributed by atoms with Crippen LogP contribution in [0.15, 0.2) is 64.0 Å². The number of benzene rings is 2. The molecule has 3 aromatic rings. The van der Waals surface area contributed by atoms with Crippen molar-refractivity contribution in [3.8, 4) is 5.75 Å². The van der Waals surface area contributed by atoms with Crippen LogP contribution in [0, 0.1) is 0 Å². The molecule has 0 amide bonds. The lowest BCUT2D eigenvalue weighted by Gasteiger charge is -2.21. The molecule has 1 atom stereocenters. The van der Waals surface area contributed by atoms with Gasteiger partial charge in [0.1, 0.15) is 17.1 Å². The maximum atomic E-state index is 10.5. The molecule has 0 saturated heterocycles. The molecule has 6 nitrogen and oxygen atoms in total. The number of fused-ring (bicyclic) bond motifs is 1. The lowest BCUT2D eigenvalue weighted by atomic mass is 10.1. The van der Waals surface area contributed by atoms with Gasteiger partial charge in [-0.15, -0.1) is 24.0 Å². The van der Waals surface area contributed by atoms with Crippen LogP contribution in [0.2, 0.25) is 0 Å². The van der Waals surface area contributed by atoms with Crippen molar-refractivity contribution in [2.75, 3.05) is 27.2 Å². The molecule has 0 saturated carbocycles. The fraction of sp³-hybridized carbons (Fsp3) is 0.318. The number of aliphatic hydroxyl groups is 1. The molecule has 0 aliphatic rings. The van der Waals surface area contributed by atoms with Crippen molar-refractivity contribution in [3.05, 3.63) is 65.9 Å². The average molecular weight is 509 g/mol. The molecule has 29 heavy (non-hydrogen) atoms. The highest BCUT2D eigenvalue weighted by atomic mass is 127. The smallest absolute Gasteiger partial charge is 0.194 e. The number of nitrogens with zero attached hydrogens (tertiary/aromatic N) is 2. The first kappa shape index (κ1) is 23.0. The normalized spacial score (nSPS) is 12.3. The maximum Gasteiger partial charge on any atom is 0.194 e. The van der Waals surface area contributed by atoms with Crippen molar-refractivity contribution in [1.29, 1.82) is 0 Å². The van der Waals surface area contributed by atoms with Crippen molar-refractivity contribution >= 4 is 40.9 Å². The van der Waals surface area contributed by atoms with Gasteiger partial charge in [-0.05, 0) is 36.8 Å². The van der Waals surface area contributed by atoms with E-state index in [4.69, 9.17) is 9.15 Å². The van der Waals surface area contributed by atoms with Crippen LogP contribution in [0.25, 0.3) is 11.0 Å². The molecule has 2 N–H and O–H groups in total. The van der Waals surface area contributed by atoms with Crippen molar-refractivity contribution in [3.63, 3.8) is 0 Å². The first-order valence-electron chi connectivity index (χ1n) is 9.39. The predicted octanol–water partition coefficient (Wildman–Crippen LogP) is 4.19. The molecule has 0 bridgehead atoms. The van der Waals surface area contributed by atoms with Gasteiger partial charge in [-0.2, -0.15) is 0 Å². The van der Waals surface area contributed by atoms with Gasteiger partial charge < -0.3 is 24.5 Å². The third-order valence-corrected chi connectivity index (χ3v) is 4.46. The molecule has 0 spiro atoms. The number of furan rings is 1. The van der Waals surface area contributed by atoms with Crippen LogP contribution in [0.3, 0.4) is 0 Å². The zero-order valence-electron chi connectivity index (χ0n) is 17.0. The monoisotopic (exact) mass is 509 g/mol. The highest BCUT2D eigenvalue weighted by molar-refractivity contribution is 14.0. The van der Waals surface area contributed by atoms with Gasteiger partial charge in [0, 0.05) is 19.0 Å². The van der Waals surface area contributed by atoms with Gasteiger partial charge in [-0.25, -0.2) is 0 Å². The van der Waals surface area contributed by atoms with Crippen LogP contribution >= 0.6 is 24.0 Å². The molecule has 1 heterocycles. The highest BCUT2D eigenvalue weighted by Crippen LogP contribution is 2.21. The number of methoxy groups -OCH3 is 1. The van der Waals surface area contributed by atoms with E-state index in [0.717, 1.165) is 34.6 Å². The van der Waals surface area contributed by atoms with Crippen molar-refractivity contribution in [2.45, 2.75) is 19.6 Å². The number of nitrogens with one attached hydrogen (secondary N) is 1. The largest absolute Gasteiger partial charge is 0.497 e. The maximum absolute atomic E-state index is 10.5. The van der Waals surface area contributed by atoms with Crippen LogP contribution in [0.5, 0.6) is 5.75 Å². The average Bonchev–Trinajstić information content (AvgIpc) is 3.13. The number of hydrogen-bond acceptors (Lipinski definition) is 4. The molecule has 0 fully saturated rings. The molecule has 1 unspecified atom stereocenters. The SMILES string of the molecule is CCNC(=NCC(O)c1cccc(OC)c1)N(C)Cc1cc2ccccc2o1.I. The van der Waals surface area contributed by atoms with Gasteiger partial charge >= 0.3 is 0 Å². The van der Waals surface area contributed by atoms with Crippen molar-refractivity contribution in [2.24, 2.45) is 4.99 Å². The minimum Gasteiger partial charge on any atom is -0.497 e. The zero-order chi connectivity index (χ0) is 19.9. The molecule has 0 radical (unpaired) electrons. The minimum absolute atomic E-state index is 0. The first-order valence-corrected chi connectivity index (χ1v) is 9.39. The summed E-state index contributed by atoms with van der Waals surface area (Å²) < 4.78 is 11.1. The van der Waals surface area contributed by atoms with Crippen LogP contribution in [0.4, 0.5) is 0 Å². The standard InChI is InChI=1S/C22H27N3O3.HI/c1-4-23-22(24-14-20(26)16-9-7-10-18(12-16)27-3)25(2)15-19-13-17-8-5-6-11-21(17)28-19;/h5-13,20,26H,4,14-15H2,1-3H3,(H,23,24);1H. The number of rotatable bonds is 7. The van der Waals surface area contributed by atoms with Crippen LogP contribution in [-0.4, -0.2) is 43.2 Å². The van der Waals surface area contributed by atoms with E-state index in [0.29, 0.717) is 12.5 Å². The van der Waals surface area contributed by atoms with E-state index in [1.807, 2.05) is 73.5 Å². The van der Waals surface area contributed by atoms with Crippen molar-refractivity contribution < 1.29 is 14.3 Å². The minimum atomic E-state index is -0.705. The summed E-state index contributed by atoms with van der Waals surface area (Å²) in [6.45, 7) is 3.58. The summed E-state index contributed by atoms with van der Waals surface area (Å²) in [5, 5.41) is 14.8. The quantitative estimate of drug-likeness (QED) is 0.284. The number of halogens is 1. The summed E-state index contributed by atoms with van der Waals surface area (Å²) in [6.07, 6.45) is -0.705. The van der Waals surface area contributed by atoms with Crippen LogP contribution < -0.4 is 10.1 Å². The molecular formula is C22H28IN3O3. The zero-order valence-corrected chi connectivity index (χ0v) is 19.3.